The van der Waals surface area contributed by atoms with Gasteiger partial charge in [0.25, 0.3) is 0 Å². The highest BCUT2D eigenvalue weighted by Crippen LogP contribution is 2.39. The van der Waals surface area contributed by atoms with E-state index in [4.69, 9.17) is 9.47 Å². The second kappa shape index (κ2) is 13.5. The maximum absolute atomic E-state index is 13.3. The van der Waals surface area contributed by atoms with Crippen LogP contribution in [0.2, 0.25) is 0 Å². The molecule has 2 fully saturated rings. The standard InChI is InChI=1S/C33H46N6O6S/c1-33(2,3)25-18-26(30(44-5)27(19-25)36-46(6,42)43)35-32(41)45-28-17-22-9-7-10-24(29(22)37(28)4)21-38-13-8-14-39(16-15-38)31(40)23-11-12-34-20-23/h7,9-10,17-19,23,34,36H,8,11-16,20-21H2,1-6H3,(H,35,41)/t23-/m0/s1. The van der Waals surface area contributed by atoms with Crippen LogP contribution in [0.1, 0.15) is 44.7 Å². The summed E-state index contributed by atoms with van der Waals surface area (Å²) in [5.74, 6) is 0.890. The summed E-state index contributed by atoms with van der Waals surface area (Å²) in [6.07, 6.45) is 2.15. The number of hydrogen-bond donors (Lipinski definition) is 3. The van der Waals surface area contributed by atoms with E-state index in [9.17, 15) is 18.0 Å². The fourth-order valence-electron chi connectivity index (χ4n) is 6.30. The largest absolute Gasteiger partial charge is 0.492 e. The number of aromatic nitrogens is 1. The van der Waals surface area contributed by atoms with E-state index in [1.165, 1.54) is 7.11 Å². The third-order valence-corrected chi connectivity index (χ3v) is 9.28. The Bertz CT molecular complexity index is 1710. The van der Waals surface area contributed by atoms with Crippen LogP contribution in [-0.2, 0) is 33.8 Å². The Labute approximate surface area is 271 Å². The number of carbonyl (C=O) groups excluding carboxylic acids is 2. The number of rotatable bonds is 8. The molecule has 2 aliphatic rings. The van der Waals surface area contributed by atoms with Crippen molar-refractivity contribution >= 4 is 44.3 Å². The molecule has 46 heavy (non-hydrogen) atoms. The van der Waals surface area contributed by atoms with Gasteiger partial charge in [-0.2, -0.15) is 0 Å². The summed E-state index contributed by atoms with van der Waals surface area (Å²) in [7, 11) is -0.340. The van der Waals surface area contributed by atoms with E-state index in [1.807, 2.05) is 55.5 Å². The molecule has 3 N–H and O–H groups in total. The van der Waals surface area contributed by atoms with Crippen LogP contribution in [0, 0.1) is 5.92 Å². The van der Waals surface area contributed by atoms with Crippen molar-refractivity contribution in [1.82, 2.24) is 19.7 Å². The van der Waals surface area contributed by atoms with Crippen molar-refractivity contribution in [3.05, 3.63) is 47.5 Å². The number of sulfonamides is 1. The molecule has 2 aromatic carbocycles. The van der Waals surface area contributed by atoms with E-state index in [-0.39, 0.29) is 34.4 Å². The Morgan fingerprint density at radius 2 is 1.83 bits per heavy atom. The number of nitrogens with zero attached hydrogens (tertiary/aromatic N) is 3. The zero-order valence-electron chi connectivity index (χ0n) is 27.6. The molecule has 1 atom stereocenters. The summed E-state index contributed by atoms with van der Waals surface area (Å²) in [6.45, 7) is 11.5. The second-order valence-electron chi connectivity index (χ2n) is 13.3. The number of aryl methyl sites for hydroxylation is 1. The van der Waals surface area contributed by atoms with Gasteiger partial charge in [0.15, 0.2) is 5.75 Å². The Kier molecular flexibility index (Phi) is 9.85. The van der Waals surface area contributed by atoms with Crippen LogP contribution in [-0.4, -0.2) is 87.4 Å². The van der Waals surface area contributed by atoms with Crippen LogP contribution in [0.5, 0.6) is 11.6 Å². The smallest absolute Gasteiger partial charge is 0.418 e. The molecular weight excluding hydrogens is 608 g/mol. The number of fused-ring (bicyclic) bond motifs is 1. The van der Waals surface area contributed by atoms with E-state index in [1.54, 1.807) is 12.1 Å². The number of amides is 2. The van der Waals surface area contributed by atoms with Crippen LogP contribution in [0.15, 0.2) is 36.4 Å². The van der Waals surface area contributed by atoms with E-state index in [0.29, 0.717) is 19.0 Å². The average Bonchev–Trinajstić information content (AvgIpc) is 3.55. The molecule has 0 saturated carbocycles. The summed E-state index contributed by atoms with van der Waals surface area (Å²) >= 11 is 0. The van der Waals surface area contributed by atoms with Gasteiger partial charge in [-0.05, 0) is 48.1 Å². The number of para-hydroxylation sites is 1. The monoisotopic (exact) mass is 654 g/mol. The summed E-state index contributed by atoms with van der Waals surface area (Å²) in [6, 6.07) is 11.4. The van der Waals surface area contributed by atoms with Crippen LogP contribution in [0.25, 0.3) is 10.9 Å². The molecule has 3 aromatic rings. The number of hydrogen-bond acceptors (Lipinski definition) is 8. The van der Waals surface area contributed by atoms with Gasteiger partial charge in [0, 0.05) is 57.8 Å². The fourth-order valence-corrected chi connectivity index (χ4v) is 6.85. The predicted octanol–water partition coefficient (Wildman–Crippen LogP) is 4.11. The highest BCUT2D eigenvalue weighted by atomic mass is 32.2. The molecule has 2 amide bonds. The topological polar surface area (TPSA) is 134 Å². The van der Waals surface area contributed by atoms with Crippen molar-refractivity contribution in [1.29, 1.82) is 0 Å². The highest BCUT2D eigenvalue weighted by Gasteiger charge is 2.29. The first-order valence-corrected chi connectivity index (χ1v) is 17.6. The molecule has 0 bridgehead atoms. The minimum Gasteiger partial charge on any atom is -0.492 e. The van der Waals surface area contributed by atoms with Crippen molar-refractivity contribution in [2.75, 3.05) is 62.7 Å². The van der Waals surface area contributed by atoms with E-state index < -0.39 is 16.1 Å². The zero-order valence-corrected chi connectivity index (χ0v) is 28.4. The number of nitrogens with one attached hydrogen (secondary N) is 3. The van der Waals surface area contributed by atoms with Gasteiger partial charge in [-0.3, -0.25) is 19.7 Å². The van der Waals surface area contributed by atoms with Gasteiger partial charge < -0.3 is 24.3 Å². The summed E-state index contributed by atoms with van der Waals surface area (Å²) in [5, 5.41) is 7.00. The maximum Gasteiger partial charge on any atom is 0.418 e. The Morgan fingerprint density at radius 3 is 2.50 bits per heavy atom. The summed E-state index contributed by atoms with van der Waals surface area (Å²) < 4.78 is 39.9. The molecule has 1 aromatic heterocycles. The van der Waals surface area contributed by atoms with Gasteiger partial charge in [0.2, 0.25) is 21.8 Å². The normalized spacial score (nSPS) is 18.0. The lowest BCUT2D eigenvalue weighted by Gasteiger charge is -2.24. The Balaban J connectivity index is 1.33. The van der Waals surface area contributed by atoms with Crippen molar-refractivity contribution in [3.8, 4) is 11.6 Å². The Hall–Kier alpha value is -3.81. The number of ether oxygens (including phenoxy) is 2. The minimum atomic E-state index is -3.61. The molecule has 13 heteroatoms. The third-order valence-electron chi connectivity index (χ3n) is 8.69. The molecule has 250 valence electrons. The lowest BCUT2D eigenvalue weighted by molar-refractivity contribution is -0.134. The van der Waals surface area contributed by atoms with Gasteiger partial charge in [0.1, 0.15) is 0 Å². The molecule has 2 saturated heterocycles. The van der Waals surface area contributed by atoms with E-state index in [0.717, 1.165) is 73.9 Å². The molecule has 0 unspecified atom stereocenters. The Morgan fingerprint density at radius 1 is 1.07 bits per heavy atom. The number of benzene rings is 2. The first-order valence-electron chi connectivity index (χ1n) is 15.7. The van der Waals surface area contributed by atoms with Crippen molar-refractivity contribution in [2.24, 2.45) is 13.0 Å². The van der Waals surface area contributed by atoms with Gasteiger partial charge >= 0.3 is 6.09 Å². The average molecular weight is 655 g/mol. The lowest BCUT2D eigenvalue weighted by atomic mass is 9.86. The van der Waals surface area contributed by atoms with Crippen molar-refractivity contribution in [2.45, 2.75) is 45.6 Å². The van der Waals surface area contributed by atoms with Crippen LogP contribution >= 0.6 is 0 Å². The lowest BCUT2D eigenvalue weighted by Crippen LogP contribution is -2.39. The zero-order chi connectivity index (χ0) is 33.2. The molecule has 0 spiro atoms. The van der Waals surface area contributed by atoms with E-state index in [2.05, 4.69) is 26.3 Å². The predicted molar refractivity (Wildman–Crippen MR) is 180 cm³/mol. The van der Waals surface area contributed by atoms with Crippen molar-refractivity contribution < 1.29 is 27.5 Å². The van der Waals surface area contributed by atoms with Gasteiger partial charge in [-0.15, -0.1) is 0 Å². The van der Waals surface area contributed by atoms with Gasteiger partial charge in [-0.25, -0.2) is 13.2 Å². The molecule has 3 heterocycles. The van der Waals surface area contributed by atoms with Crippen LogP contribution in [0.4, 0.5) is 16.2 Å². The number of carbonyl (C=O) groups is 2. The first kappa shape index (κ1) is 33.6. The molecule has 0 radical (unpaired) electrons. The van der Waals surface area contributed by atoms with E-state index >= 15 is 0 Å². The molecule has 12 nitrogen and oxygen atoms in total. The summed E-state index contributed by atoms with van der Waals surface area (Å²) in [4.78, 5) is 30.7. The second-order valence-corrected chi connectivity index (χ2v) is 15.0. The number of methoxy groups -OCH3 is 1. The molecule has 5 rings (SSSR count). The molecular formula is C33H46N6O6S. The fraction of sp³-hybridized carbons (Fsp3) is 0.515. The molecule has 0 aliphatic carbocycles. The van der Waals surface area contributed by atoms with Crippen molar-refractivity contribution in [3.63, 3.8) is 0 Å². The SMILES string of the molecule is COc1c(NC(=O)Oc2cc3cccc(CN4CCCN(C(=O)[C@H]5CCNC5)CC4)c3n2C)cc(C(C)(C)C)cc1NS(C)(=O)=O. The van der Waals surface area contributed by atoms with Gasteiger partial charge in [0.05, 0.1) is 36.2 Å². The van der Waals surface area contributed by atoms with Crippen LogP contribution < -0.4 is 24.8 Å². The third kappa shape index (κ3) is 7.76. The highest BCUT2D eigenvalue weighted by molar-refractivity contribution is 7.92. The molecule has 2 aliphatic heterocycles. The maximum atomic E-state index is 13.3. The summed E-state index contributed by atoms with van der Waals surface area (Å²) in [5.41, 5.74) is 3.02. The number of anilines is 2. The first-order chi connectivity index (χ1) is 21.7. The van der Waals surface area contributed by atoms with Crippen LogP contribution in [0.3, 0.4) is 0 Å². The quantitative estimate of drug-likeness (QED) is 0.331. The van der Waals surface area contributed by atoms with Gasteiger partial charge in [-0.1, -0.05) is 39.0 Å². The minimum absolute atomic E-state index is 0.0917.